The highest BCUT2D eigenvalue weighted by atomic mass is 16.2. The van der Waals surface area contributed by atoms with E-state index in [2.05, 4.69) is 22.8 Å². The number of carbonyl (C=O) groups excluding carboxylic acids is 2. The van der Waals surface area contributed by atoms with Gasteiger partial charge in [0.25, 0.3) is 0 Å². The first-order valence-electron chi connectivity index (χ1n) is 9.27. The van der Waals surface area contributed by atoms with E-state index >= 15 is 0 Å². The van der Waals surface area contributed by atoms with E-state index in [1.165, 1.54) is 0 Å². The van der Waals surface area contributed by atoms with E-state index < -0.39 is 0 Å². The molecule has 0 atom stereocenters. The highest BCUT2D eigenvalue weighted by Gasteiger charge is 2.11. The molecular weight excluding hydrogens is 350 g/mol. The molecule has 0 saturated heterocycles. The van der Waals surface area contributed by atoms with Gasteiger partial charge in [-0.1, -0.05) is 48.5 Å². The van der Waals surface area contributed by atoms with Crippen LogP contribution in [0.25, 0.3) is 10.8 Å². The summed E-state index contributed by atoms with van der Waals surface area (Å²) in [6.45, 7) is 4.01. The molecule has 0 unspecified atom stereocenters. The Morgan fingerprint density at radius 1 is 0.857 bits per heavy atom. The predicted octanol–water partition coefficient (Wildman–Crippen LogP) is 3.65. The van der Waals surface area contributed by atoms with Gasteiger partial charge < -0.3 is 15.5 Å². The average Bonchev–Trinajstić information content (AvgIpc) is 2.69. The van der Waals surface area contributed by atoms with Crippen LogP contribution in [-0.2, 0) is 9.59 Å². The lowest BCUT2D eigenvalue weighted by molar-refractivity contribution is -0.123. The molecule has 0 aliphatic carbocycles. The number of aryl methyl sites for hydroxylation is 2. The molecule has 0 bridgehead atoms. The van der Waals surface area contributed by atoms with Crippen molar-refractivity contribution in [2.45, 2.75) is 13.8 Å². The van der Waals surface area contributed by atoms with E-state index in [9.17, 15) is 9.59 Å². The van der Waals surface area contributed by atoms with Crippen LogP contribution in [0.15, 0.2) is 60.7 Å². The smallest absolute Gasteiger partial charge is 0.243 e. The predicted molar refractivity (Wildman–Crippen MR) is 115 cm³/mol. The topological polar surface area (TPSA) is 61.4 Å². The molecule has 5 nitrogen and oxygen atoms in total. The van der Waals surface area contributed by atoms with E-state index in [0.717, 1.165) is 33.3 Å². The van der Waals surface area contributed by atoms with Crippen LogP contribution in [0.4, 0.5) is 11.4 Å². The molecule has 3 aromatic rings. The largest absolute Gasteiger partial charge is 0.365 e. The molecule has 2 amide bonds. The maximum Gasteiger partial charge on any atom is 0.243 e. The van der Waals surface area contributed by atoms with Crippen LogP contribution in [0, 0.1) is 13.8 Å². The summed E-state index contributed by atoms with van der Waals surface area (Å²) in [7, 11) is 1.86. The molecule has 0 fully saturated rings. The minimum atomic E-state index is -0.237. The van der Waals surface area contributed by atoms with Gasteiger partial charge in [0.2, 0.25) is 11.8 Å². The van der Waals surface area contributed by atoms with Crippen molar-refractivity contribution in [3.05, 3.63) is 71.8 Å². The van der Waals surface area contributed by atoms with Gasteiger partial charge in [0.15, 0.2) is 0 Å². The summed E-state index contributed by atoms with van der Waals surface area (Å²) in [4.78, 5) is 26.3. The average molecular weight is 375 g/mol. The quantitative estimate of drug-likeness (QED) is 0.691. The van der Waals surface area contributed by atoms with Crippen molar-refractivity contribution >= 4 is 34.0 Å². The van der Waals surface area contributed by atoms with Crippen molar-refractivity contribution in [1.29, 1.82) is 0 Å². The fraction of sp³-hybridized carbons (Fsp3) is 0.217. The van der Waals surface area contributed by atoms with Crippen molar-refractivity contribution in [3.63, 3.8) is 0 Å². The molecular formula is C23H25N3O2. The molecule has 0 aromatic heterocycles. The van der Waals surface area contributed by atoms with Crippen molar-refractivity contribution in [2.24, 2.45) is 0 Å². The van der Waals surface area contributed by atoms with Gasteiger partial charge in [0.1, 0.15) is 0 Å². The number of carbonyl (C=O) groups is 2. The summed E-state index contributed by atoms with van der Waals surface area (Å²) in [6, 6.07) is 20.0. The van der Waals surface area contributed by atoms with Gasteiger partial charge in [-0.2, -0.15) is 0 Å². The zero-order chi connectivity index (χ0) is 20.1. The van der Waals surface area contributed by atoms with Gasteiger partial charge in [-0.3, -0.25) is 9.59 Å². The van der Waals surface area contributed by atoms with Crippen LogP contribution in [0.2, 0.25) is 0 Å². The number of nitrogens with zero attached hydrogens (tertiary/aromatic N) is 1. The molecule has 3 rings (SSSR count). The van der Waals surface area contributed by atoms with Crippen molar-refractivity contribution in [2.75, 3.05) is 30.4 Å². The van der Waals surface area contributed by atoms with E-state index in [1.807, 2.05) is 74.3 Å². The number of hydrogen-bond acceptors (Lipinski definition) is 3. The lowest BCUT2D eigenvalue weighted by atomic mass is 10.1. The molecule has 144 valence electrons. The monoisotopic (exact) mass is 375 g/mol. The van der Waals surface area contributed by atoms with Crippen molar-refractivity contribution in [3.8, 4) is 0 Å². The molecule has 28 heavy (non-hydrogen) atoms. The van der Waals surface area contributed by atoms with Crippen molar-refractivity contribution < 1.29 is 9.59 Å². The zero-order valence-corrected chi connectivity index (χ0v) is 16.5. The standard InChI is InChI=1S/C23H25N3O2/c1-16-7-6-8-17(2)23(16)25-21(27)14-24-22(28)15-26(3)20-12-11-18-9-4-5-10-19(18)13-20/h4-13H,14-15H2,1-3H3,(H,24,28)(H,25,27). The maximum absolute atomic E-state index is 12.2. The third-order valence-electron chi connectivity index (χ3n) is 4.75. The second-order valence-electron chi connectivity index (χ2n) is 6.98. The fourth-order valence-corrected chi connectivity index (χ4v) is 3.15. The lowest BCUT2D eigenvalue weighted by Crippen LogP contribution is -2.39. The Kier molecular flexibility index (Phi) is 5.94. The summed E-state index contributed by atoms with van der Waals surface area (Å²) in [5, 5.41) is 7.84. The van der Waals surface area contributed by atoms with E-state index in [4.69, 9.17) is 0 Å². The number of fused-ring (bicyclic) bond motifs is 1. The molecule has 2 N–H and O–H groups in total. The zero-order valence-electron chi connectivity index (χ0n) is 16.5. The highest BCUT2D eigenvalue weighted by molar-refractivity contribution is 5.96. The van der Waals surface area contributed by atoms with Crippen LogP contribution in [-0.4, -0.2) is 32.0 Å². The van der Waals surface area contributed by atoms with E-state index in [-0.39, 0.29) is 24.9 Å². The number of likely N-dealkylation sites (N-methyl/N-ethyl adjacent to an activating group) is 1. The van der Waals surface area contributed by atoms with Crippen LogP contribution < -0.4 is 15.5 Å². The summed E-state index contributed by atoms with van der Waals surface area (Å²) in [6.07, 6.45) is 0. The normalized spacial score (nSPS) is 10.5. The van der Waals surface area contributed by atoms with Gasteiger partial charge in [0, 0.05) is 18.4 Å². The number of rotatable bonds is 6. The molecule has 5 heteroatoms. The van der Waals surface area contributed by atoms with Gasteiger partial charge in [-0.25, -0.2) is 0 Å². The highest BCUT2D eigenvalue weighted by Crippen LogP contribution is 2.21. The Balaban J connectivity index is 1.53. The third-order valence-corrected chi connectivity index (χ3v) is 4.75. The van der Waals surface area contributed by atoms with Crippen LogP contribution in [0.1, 0.15) is 11.1 Å². The minimum Gasteiger partial charge on any atom is -0.365 e. The van der Waals surface area contributed by atoms with Gasteiger partial charge in [-0.05, 0) is 47.9 Å². The molecule has 0 radical (unpaired) electrons. The molecule has 0 aliphatic rings. The molecule has 0 saturated carbocycles. The maximum atomic E-state index is 12.2. The number of para-hydroxylation sites is 1. The first-order chi connectivity index (χ1) is 13.4. The number of amides is 2. The molecule has 0 spiro atoms. The fourth-order valence-electron chi connectivity index (χ4n) is 3.15. The summed E-state index contributed by atoms with van der Waals surface area (Å²) in [5.74, 6) is -0.438. The number of hydrogen-bond donors (Lipinski definition) is 2. The van der Waals surface area contributed by atoms with Gasteiger partial charge in [-0.15, -0.1) is 0 Å². The number of benzene rings is 3. The van der Waals surface area contributed by atoms with Gasteiger partial charge in [0.05, 0.1) is 13.1 Å². The first-order valence-corrected chi connectivity index (χ1v) is 9.27. The molecule has 0 heterocycles. The van der Waals surface area contributed by atoms with Crippen LogP contribution >= 0.6 is 0 Å². The molecule has 0 aliphatic heterocycles. The van der Waals surface area contributed by atoms with Gasteiger partial charge >= 0.3 is 0 Å². The Morgan fingerprint density at radius 2 is 1.54 bits per heavy atom. The second-order valence-corrected chi connectivity index (χ2v) is 6.98. The summed E-state index contributed by atoms with van der Waals surface area (Å²) < 4.78 is 0. The second kappa shape index (κ2) is 8.57. The Labute approximate surface area is 165 Å². The first kappa shape index (κ1) is 19.4. The number of nitrogens with one attached hydrogen (secondary N) is 2. The van der Waals surface area contributed by atoms with E-state index in [1.54, 1.807) is 0 Å². The SMILES string of the molecule is Cc1cccc(C)c1NC(=O)CNC(=O)CN(C)c1ccc2ccccc2c1. The van der Waals surface area contributed by atoms with E-state index in [0.29, 0.717) is 0 Å². The Hall–Kier alpha value is -3.34. The number of anilines is 2. The lowest BCUT2D eigenvalue weighted by Gasteiger charge is -2.19. The Morgan fingerprint density at radius 3 is 2.25 bits per heavy atom. The Bertz CT molecular complexity index is 993. The minimum absolute atomic E-state index is 0.0574. The van der Waals surface area contributed by atoms with Crippen LogP contribution in [0.3, 0.4) is 0 Å². The van der Waals surface area contributed by atoms with Crippen LogP contribution in [0.5, 0.6) is 0 Å². The summed E-state index contributed by atoms with van der Waals surface area (Å²) in [5.41, 5.74) is 3.75. The third kappa shape index (κ3) is 4.68. The summed E-state index contributed by atoms with van der Waals surface area (Å²) >= 11 is 0. The molecule has 3 aromatic carbocycles. The van der Waals surface area contributed by atoms with Crippen molar-refractivity contribution in [1.82, 2.24) is 5.32 Å².